The van der Waals surface area contributed by atoms with E-state index in [1.807, 2.05) is 24.4 Å². The maximum atomic E-state index is 12.1. The van der Waals surface area contributed by atoms with Crippen molar-refractivity contribution in [2.45, 2.75) is 26.2 Å². The van der Waals surface area contributed by atoms with E-state index < -0.39 is 0 Å². The van der Waals surface area contributed by atoms with Crippen molar-refractivity contribution in [3.63, 3.8) is 0 Å². The number of aryl methyl sites for hydroxylation is 1. The molecule has 0 spiro atoms. The topological polar surface area (TPSA) is 49.3 Å². The van der Waals surface area contributed by atoms with Gasteiger partial charge in [-0.15, -0.1) is 11.3 Å². The SMILES string of the molecule is Cc1ccc(C(=O)NCC(C)(C)c2cccs2)c(O)c1. The fourth-order valence-corrected chi connectivity index (χ4v) is 2.83. The number of carbonyl (C=O) groups is 1. The molecule has 1 aromatic carbocycles. The summed E-state index contributed by atoms with van der Waals surface area (Å²) >= 11 is 1.68. The molecule has 0 radical (unpaired) electrons. The number of rotatable bonds is 4. The van der Waals surface area contributed by atoms with Crippen molar-refractivity contribution < 1.29 is 9.90 Å². The van der Waals surface area contributed by atoms with Crippen molar-refractivity contribution in [1.29, 1.82) is 0 Å². The van der Waals surface area contributed by atoms with Gasteiger partial charge in [0.2, 0.25) is 0 Å². The third-order valence-electron chi connectivity index (χ3n) is 3.28. The normalized spacial score (nSPS) is 11.3. The molecule has 0 aliphatic heterocycles. The Morgan fingerprint density at radius 3 is 2.70 bits per heavy atom. The van der Waals surface area contributed by atoms with E-state index in [9.17, 15) is 9.90 Å². The lowest BCUT2D eigenvalue weighted by molar-refractivity contribution is 0.0943. The van der Waals surface area contributed by atoms with E-state index in [1.165, 1.54) is 4.88 Å². The number of amides is 1. The maximum absolute atomic E-state index is 12.1. The Balaban J connectivity index is 2.05. The van der Waals surface area contributed by atoms with Gasteiger partial charge < -0.3 is 10.4 Å². The molecule has 0 saturated heterocycles. The van der Waals surface area contributed by atoms with Crippen LogP contribution in [0.3, 0.4) is 0 Å². The second-order valence-corrected chi connectivity index (χ2v) is 6.51. The first kappa shape index (κ1) is 14.6. The molecule has 0 aliphatic rings. The van der Waals surface area contributed by atoms with E-state index in [4.69, 9.17) is 0 Å². The Labute approximate surface area is 123 Å². The summed E-state index contributed by atoms with van der Waals surface area (Å²) in [6.45, 7) is 6.59. The van der Waals surface area contributed by atoms with Crippen LogP contribution in [0.4, 0.5) is 0 Å². The molecule has 0 aliphatic carbocycles. The molecule has 4 heteroatoms. The van der Waals surface area contributed by atoms with E-state index in [1.54, 1.807) is 23.5 Å². The molecule has 20 heavy (non-hydrogen) atoms. The van der Waals surface area contributed by atoms with Gasteiger partial charge in [-0.1, -0.05) is 26.0 Å². The summed E-state index contributed by atoms with van der Waals surface area (Å²) in [6, 6.07) is 9.14. The molecular formula is C16H19NO2S. The standard InChI is InChI=1S/C16H19NO2S/c1-11-6-7-12(13(18)9-11)15(19)17-10-16(2,3)14-5-4-8-20-14/h4-9,18H,10H2,1-3H3,(H,17,19). The van der Waals surface area contributed by atoms with Gasteiger partial charge >= 0.3 is 0 Å². The van der Waals surface area contributed by atoms with Gasteiger partial charge in [0.25, 0.3) is 5.91 Å². The number of carbonyl (C=O) groups excluding carboxylic acids is 1. The predicted octanol–water partition coefficient (Wildman–Crippen LogP) is 3.47. The number of hydrogen-bond acceptors (Lipinski definition) is 3. The minimum absolute atomic E-state index is 0.0245. The summed E-state index contributed by atoms with van der Waals surface area (Å²) in [5.74, 6) is -0.219. The first-order valence-electron chi connectivity index (χ1n) is 6.52. The van der Waals surface area contributed by atoms with Crippen molar-refractivity contribution in [3.05, 3.63) is 51.7 Å². The van der Waals surface area contributed by atoms with Crippen LogP contribution in [0.25, 0.3) is 0 Å². The first-order chi connectivity index (χ1) is 9.40. The Morgan fingerprint density at radius 2 is 2.10 bits per heavy atom. The minimum Gasteiger partial charge on any atom is -0.507 e. The van der Waals surface area contributed by atoms with Gasteiger partial charge in [-0.05, 0) is 36.1 Å². The molecule has 0 unspecified atom stereocenters. The van der Waals surface area contributed by atoms with E-state index in [2.05, 4.69) is 25.2 Å². The maximum Gasteiger partial charge on any atom is 0.255 e. The van der Waals surface area contributed by atoms with Crippen LogP contribution < -0.4 is 5.32 Å². The summed E-state index contributed by atoms with van der Waals surface area (Å²) < 4.78 is 0. The van der Waals surface area contributed by atoms with Gasteiger partial charge in [-0.3, -0.25) is 4.79 Å². The highest BCUT2D eigenvalue weighted by Gasteiger charge is 2.23. The largest absolute Gasteiger partial charge is 0.507 e. The lowest BCUT2D eigenvalue weighted by Crippen LogP contribution is -2.36. The molecule has 0 atom stereocenters. The van der Waals surface area contributed by atoms with Crippen molar-refractivity contribution in [1.82, 2.24) is 5.32 Å². The second kappa shape index (κ2) is 5.67. The van der Waals surface area contributed by atoms with Crippen molar-refractivity contribution in [2.24, 2.45) is 0 Å². The van der Waals surface area contributed by atoms with E-state index >= 15 is 0 Å². The summed E-state index contributed by atoms with van der Waals surface area (Å²) in [4.78, 5) is 13.4. The lowest BCUT2D eigenvalue weighted by atomic mass is 9.91. The molecule has 1 amide bonds. The van der Waals surface area contributed by atoms with Crippen LogP contribution in [0, 0.1) is 6.92 Å². The number of aromatic hydroxyl groups is 1. The molecule has 3 nitrogen and oxygen atoms in total. The highest BCUT2D eigenvalue weighted by molar-refractivity contribution is 7.10. The Hall–Kier alpha value is -1.81. The van der Waals surface area contributed by atoms with Gasteiger partial charge in [0.15, 0.2) is 0 Å². The molecule has 1 heterocycles. The zero-order valence-corrected chi connectivity index (χ0v) is 12.8. The molecule has 0 bridgehead atoms. The van der Waals surface area contributed by atoms with Crippen molar-refractivity contribution in [2.75, 3.05) is 6.54 Å². The van der Waals surface area contributed by atoms with Crippen LogP contribution in [-0.4, -0.2) is 17.6 Å². The number of phenols is 1. The van der Waals surface area contributed by atoms with Crippen molar-refractivity contribution in [3.8, 4) is 5.75 Å². The van der Waals surface area contributed by atoms with Crippen LogP contribution >= 0.6 is 11.3 Å². The Bertz CT molecular complexity index is 603. The number of benzene rings is 1. The Morgan fingerprint density at radius 1 is 1.35 bits per heavy atom. The average molecular weight is 289 g/mol. The highest BCUT2D eigenvalue weighted by Crippen LogP contribution is 2.27. The molecule has 0 saturated carbocycles. The first-order valence-corrected chi connectivity index (χ1v) is 7.40. The molecule has 0 fully saturated rings. The summed E-state index contributed by atoms with van der Waals surface area (Å²) in [6.07, 6.45) is 0. The van der Waals surface area contributed by atoms with Crippen LogP contribution in [0.15, 0.2) is 35.7 Å². The molecule has 2 aromatic rings. The van der Waals surface area contributed by atoms with Crippen LogP contribution in [-0.2, 0) is 5.41 Å². The third kappa shape index (κ3) is 3.20. The highest BCUT2D eigenvalue weighted by atomic mass is 32.1. The average Bonchev–Trinajstić information content (AvgIpc) is 2.90. The van der Waals surface area contributed by atoms with E-state index in [0.29, 0.717) is 12.1 Å². The fraction of sp³-hybridized carbons (Fsp3) is 0.312. The summed E-state index contributed by atoms with van der Waals surface area (Å²) in [5, 5.41) is 14.7. The van der Waals surface area contributed by atoms with Gasteiger partial charge in [-0.25, -0.2) is 0 Å². The zero-order chi connectivity index (χ0) is 14.8. The molecule has 2 N–H and O–H groups in total. The van der Waals surface area contributed by atoms with Gasteiger partial charge in [0, 0.05) is 16.8 Å². The molecule has 106 valence electrons. The smallest absolute Gasteiger partial charge is 0.255 e. The minimum atomic E-state index is -0.243. The van der Waals surface area contributed by atoms with Crippen LogP contribution in [0.1, 0.15) is 34.6 Å². The monoisotopic (exact) mass is 289 g/mol. The quantitative estimate of drug-likeness (QED) is 0.905. The molecule has 2 rings (SSSR count). The number of phenolic OH excluding ortho intramolecular Hbond substituents is 1. The predicted molar refractivity (Wildman–Crippen MR) is 82.5 cm³/mol. The number of nitrogens with one attached hydrogen (secondary N) is 1. The van der Waals surface area contributed by atoms with Crippen LogP contribution in [0.2, 0.25) is 0 Å². The lowest BCUT2D eigenvalue weighted by Gasteiger charge is -2.23. The fourth-order valence-electron chi connectivity index (χ4n) is 1.98. The molecule has 1 aromatic heterocycles. The van der Waals surface area contributed by atoms with E-state index in [-0.39, 0.29) is 17.1 Å². The van der Waals surface area contributed by atoms with Crippen molar-refractivity contribution >= 4 is 17.2 Å². The van der Waals surface area contributed by atoms with Gasteiger partial charge in [0.05, 0.1) is 5.56 Å². The van der Waals surface area contributed by atoms with E-state index in [0.717, 1.165) is 5.56 Å². The summed E-state index contributed by atoms with van der Waals surface area (Å²) in [5.41, 5.74) is 1.12. The van der Waals surface area contributed by atoms with Gasteiger partial charge in [0.1, 0.15) is 5.75 Å². The molecular weight excluding hydrogens is 270 g/mol. The number of hydrogen-bond donors (Lipinski definition) is 2. The second-order valence-electron chi connectivity index (χ2n) is 5.56. The number of thiophene rings is 1. The third-order valence-corrected chi connectivity index (χ3v) is 4.51. The van der Waals surface area contributed by atoms with Crippen LogP contribution in [0.5, 0.6) is 5.75 Å². The van der Waals surface area contributed by atoms with Gasteiger partial charge in [-0.2, -0.15) is 0 Å². The zero-order valence-electron chi connectivity index (χ0n) is 11.9. The summed E-state index contributed by atoms with van der Waals surface area (Å²) in [7, 11) is 0. The Kier molecular flexibility index (Phi) is 4.14.